The second-order valence-corrected chi connectivity index (χ2v) is 8.43. The molecule has 1 atom stereocenters. The van der Waals surface area contributed by atoms with Gasteiger partial charge in [0.2, 0.25) is 0 Å². The summed E-state index contributed by atoms with van der Waals surface area (Å²) < 4.78 is 6.35. The van der Waals surface area contributed by atoms with Crippen LogP contribution in [0.3, 0.4) is 0 Å². The van der Waals surface area contributed by atoms with Gasteiger partial charge in [0.15, 0.2) is 18.3 Å². The van der Waals surface area contributed by atoms with Crippen LogP contribution in [0.25, 0.3) is 5.57 Å². The molecule has 5 nitrogen and oxygen atoms in total. The molecule has 5 heteroatoms. The van der Waals surface area contributed by atoms with E-state index in [1.54, 1.807) is 0 Å². The highest BCUT2D eigenvalue weighted by molar-refractivity contribution is 5.91. The molecule has 0 bridgehead atoms. The predicted molar refractivity (Wildman–Crippen MR) is 132 cm³/mol. The third-order valence-corrected chi connectivity index (χ3v) is 6.32. The van der Waals surface area contributed by atoms with Crippen LogP contribution in [0.2, 0.25) is 0 Å². The van der Waals surface area contributed by atoms with E-state index < -0.39 is 0 Å². The molecule has 0 spiro atoms. The minimum absolute atomic E-state index is 0.0160. The van der Waals surface area contributed by atoms with Crippen LogP contribution < -0.4 is 14.5 Å². The fraction of sp³-hybridized carbons (Fsp3) is 0.259. The zero-order valence-electron chi connectivity index (χ0n) is 18.9. The highest BCUT2D eigenvalue weighted by atomic mass is 16.5. The maximum atomic E-state index is 6.35. The van der Waals surface area contributed by atoms with E-state index >= 15 is 0 Å². The summed E-state index contributed by atoms with van der Waals surface area (Å²) in [7, 11) is 0. The third-order valence-electron chi connectivity index (χ3n) is 6.32. The van der Waals surface area contributed by atoms with E-state index in [0.29, 0.717) is 6.73 Å². The van der Waals surface area contributed by atoms with E-state index in [2.05, 4.69) is 84.6 Å². The summed E-state index contributed by atoms with van der Waals surface area (Å²) in [6.45, 7) is 11.1. The quantitative estimate of drug-likeness (QED) is 0.463. The van der Waals surface area contributed by atoms with Crippen molar-refractivity contribution in [3.8, 4) is 5.75 Å². The van der Waals surface area contributed by atoms with E-state index in [9.17, 15) is 0 Å². The van der Waals surface area contributed by atoms with Gasteiger partial charge in [0, 0.05) is 23.2 Å². The lowest BCUT2D eigenvalue weighted by molar-refractivity contribution is 0.331. The fourth-order valence-electron chi connectivity index (χ4n) is 4.64. The van der Waals surface area contributed by atoms with Gasteiger partial charge in [-0.25, -0.2) is 4.98 Å². The summed E-state index contributed by atoms with van der Waals surface area (Å²) in [6, 6.07) is 18.8. The summed E-state index contributed by atoms with van der Waals surface area (Å²) in [6.07, 6.45) is 3.65. The lowest BCUT2D eigenvalue weighted by Gasteiger charge is -2.32. The van der Waals surface area contributed by atoms with Gasteiger partial charge in [-0.15, -0.1) is 0 Å². The summed E-state index contributed by atoms with van der Waals surface area (Å²) in [5.41, 5.74) is 7.61. The van der Waals surface area contributed by atoms with Crippen molar-refractivity contribution in [1.82, 2.24) is 4.98 Å². The Kier molecular flexibility index (Phi) is 5.17. The Balaban J connectivity index is 1.69. The van der Waals surface area contributed by atoms with Gasteiger partial charge in [-0.2, -0.15) is 0 Å². The monoisotopic (exact) mass is 424 g/mol. The highest BCUT2D eigenvalue weighted by Crippen LogP contribution is 2.51. The number of rotatable bonds is 2. The number of aromatic nitrogens is 1. The normalized spacial score (nSPS) is 18.2. The van der Waals surface area contributed by atoms with E-state index in [1.165, 1.54) is 0 Å². The van der Waals surface area contributed by atoms with Gasteiger partial charge in [-0.3, -0.25) is 4.99 Å². The van der Waals surface area contributed by atoms with Gasteiger partial charge in [-0.05, 0) is 69.0 Å². The van der Waals surface area contributed by atoms with E-state index in [-0.39, 0.29) is 6.17 Å². The summed E-state index contributed by atoms with van der Waals surface area (Å²) in [5.74, 6) is 1.80. The van der Waals surface area contributed by atoms with Crippen molar-refractivity contribution in [2.24, 2.45) is 4.99 Å². The van der Waals surface area contributed by atoms with E-state index in [1.807, 2.05) is 18.3 Å². The molecule has 5 rings (SSSR count). The van der Waals surface area contributed by atoms with Crippen LogP contribution in [-0.2, 0) is 0 Å². The molecule has 0 aliphatic carbocycles. The van der Waals surface area contributed by atoms with Crippen LogP contribution in [0.15, 0.2) is 72.4 Å². The average Bonchev–Trinajstić information content (AvgIpc) is 3.12. The van der Waals surface area contributed by atoms with Crippen molar-refractivity contribution in [3.63, 3.8) is 0 Å². The zero-order valence-corrected chi connectivity index (χ0v) is 18.9. The number of benzene rings is 2. The Labute approximate surface area is 189 Å². The second-order valence-electron chi connectivity index (χ2n) is 8.43. The van der Waals surface area contributed by atoms with Crippen molar-refractivity contribution < 1.29 is 4.74 Å². The SMILES string of the molecule is C=C1CCC(C)=NCOc2c1ccc(C)c2N1c2cccnc2N(c2ccccc2)[C@@H]1C. The van der Waals surface area contributed by atoms with Crippen molar-refractivity contribution >= 4 is 34.2 Å². The van der Waals surface area contributed by atoms with Gasteiger partial charge in [0.1, 0.15) is 6.17 Å². The lowest BCUT2D eigenvalue weighted by Crippen LogP contribution is -2.36. The molecule has 0 N–H and O–H groups in total. The van der Waals surface area contributed by atoms with Crippen LogP contribution in [0, 0.1) is 6.92 Å². The first-order valence-electron chi connectivity index (χ1n) is 11.1. The number of anilines is 4. The van der Waals surface area contributed by atoms with E-state index in [0.717, 1.165) is 63.9 Å². The topological polar surface area (TPSA) is 41.0 Å². The standard InChI is InChI=1S/C27H28N4O/c1-18-12-14-20(3)29-17-32-26-23(18)15-13-19(2)25(26)31-21(4)30(22-9-6-5-7-10-22)27-24(31)11-8-16-28-27/h5-11,13,15-16,21H,1,12,14,17H2,2-4H3/t21-/m0/s1. The fourth-order valence-corrected chi connectivity index (χ4v) is 4.64. The molecule has 0 fully saturated rings. The minimum atomic E-state index is 0.0160. The van der Waals surface area contributed by atoms with Crippen molar-refractivity contribution in [3.05, 3.63) is 78.5 Å². The molecule has 0 unspecified atom stereocenters. The molecule has 2 aliphatic rings. The number of nitrogens with zero attached hydrogens (tertiary/aromatic N) is 4. The lowest BCUT2D eigenvalue weighted by atomic mass is 9.97. The molecule has 2 aliphatic heterocycles. The molecule has 1 aromatic heterocycles. The van der Waals surface area contributed by atoms with Crippen LogP contribution in [0.5, 0.6) is 5.75 Å². The van der Waals surface area contributed by atoms with Crippen LogP contribution >= 0.6 is 0 Å². The Hall–Kier alpha value is -3.60. The number of allylic oxidation sites excluding steroid dienone is 1. The van der Waals surface area contributed by atoms with Crippen molar-refractivity contribution in [2.75, 3.05) is 16.5 Å². The summed E-state index contributed by atoms with van der Waals surface area (Å²) in [5, 5.41) is 0. The average molecular weight is 425 g/mol. The first-order chi connectivity index (χ1) is 15.6. The molecule has 0 saturated carbocycles. The molecule has 3 heterocycles. The molecule has 0 radical (unpaired) electrons. The number of fused-ring (bicyclic) bond motifs is 2. The van der Waals surface area contributed by atoms with Crippen LogP contribution in [-0.4, -0.2) is 23.6 Å². The van der Waals surface area contributed by atoms with Gasteiger partial charge >= 0.3 is 0 Å². The van der Waals surface area contributed by atoms with Gasteiger partial charge in [0.05, 0.1) is 11.4 Å². The molecule has 32 heavy (non-hydrogen) atoms. The Morgan fingerprint density at radius 1 is 0.969 bits per heavy atom. The van der Waals surface area contributed by atoms with Crippen molar-refractivity contribution in [2.45, 2.75) is 39.8 Å². The Morgan fingerprint density at radius 3 is 2.59 bits per heavy atom. The molecular weight excluding hydrogens is 396 g/mol. The molecular formula is C27H28N4O. The second kappa shape index (κ2) is 8.15. The first kappa shape index (κ1) is 20.3. The molecule has 3 aromatic rings. The maximum Gasteiger partial charge on any atom is 0.179 e. The predicted octanol–water partition coefficient (Wildman–Crippen LogP) is 6.63. The van der Waals surface area contributed by atoms with Crippen molar-refractivity contribution in [1.29, 1.82) is 0 Å². The first-order valence-corrected chi connectivity index (χ1v) is 11.1. The van der Waals surface area contributed by atoms with E-state index in [4.69, 9.17) is 9.72 Å². The number of aliphatic imine (C=N–C) groups is 1. The third kappa shape index (κ3) is 3.34. The summed E-state index contributed by atoms with van der Waals surface area (Å²) >= 11 is 0. The zero-order chi connectivity index (χ0) is 22.2. The van der Waals surface area contributed by atoms with Gasteiger partial charge < -0.3 is 14.5 Å². The number of aryl methyl sites for hydroxylation is 1. The van der Waals surface area contributed by atoms with Crippen LogP contribution in [0.4, 0.5) is 22.9 Å². The highest BCUT2D eigenvalue weighted by Gasteiger charge is 2.38. The number of para-hydroxylation sites is 1. The minimum Gasteiger partial charge on any atom is -0.469 e. The number of hydrogen-bond acceptors (Lipinski definition) is 5. The largest absolute Gasteiger partial charge is 0.469 e. The molecule has 0 amide bonds. The Morgan fingerprint density at radius 2 is 1.78 bits per heavy atom. The van der Waals surface area contributed by atoms with Gasteiger partial charge in [-0.1, -0.05) is 36.9 Å². The maximum absolute atomic E-state index is 6.35. The number of hydrogen-bond donors (Lipinski definition) is 0. The Bertz CT molecular complexity index is 1200. The number of ether oxygens (including phenoxy) is 1. The molecule has 2 aromatic carbocycles. The number of pyridine rings is 1. The molecule has 162 valence electrons. The molecule has 0 saturated heterocycles. The van der Waals surface area contributed by atoms with Gasteiger partial charge in [0.25, 0.3) is 0 Å². The summed E-state index contributed by atoms with van der Waals surface area (Å²) in [4.78, 5) is 14.0. The van der Waals surface area contributed by atoms with Crippen LogP contribution in [0.1, 0.15) is 37.8 Å². The smallest absolute Gasteiger partial charge is 0.179 e.